The molecule has 2 aromatic rings. The fraction of sp³-hybridized carbons (Fsp3) is 0.423. The van der Waals surface area contributed by atoms with Gasteiger partial charge in [-0.3, -0.25) is 9.59 Å². The smallest absolute Gasteiger partial charge is 0.407 e. The Kier molecular flexibility index (Phi) is 7.94. The van der Waals surface area contributed by atoms with Crippen molar-refractivity contribution in [3.8, 4) is 11.1 Å². The number of alkyl carbamates (subject to hydrolysis) is 1. The molecule has 8 heteroatoms. The maximum absolute atomic E-state index is 12.7. The third-order valence-corrected chi connectivity index (χ3v) is 5.96. The lowest BCUT2D eigenvalue weighted by atomic mass is 9.98. The predicted molar refractivity (Wildman–Crippen MR) is 128 cm³/mol. The van der Waals surface area contributed by atoms with Crippen molar-refractivity contribution in [2.45, 2.75) is 44.8 Å². The summed E-state index contributed by atoms with van der Waals surface area (Å²) in [5, 5.41) is 11.8. The third kappa shape index (κ3) is 5.94. The van der Waals surface area contributed by atoms with Gasteiger partial charge in [-0.05, 0) is 43.0 Å². The first-order valence-corrected chi connectivity index (χ1v) is 11.3. The van der Waals surface area contributed by atoms with Gasteiger partial charge in [-0.25, -0.2) is 4.79 Å². The Morgan fingerprint density at radius 3 is 2.09 bits per heavy atom. The van der Waals surface area contributed by atoms with Crippen LogP contribution in [0, 0.1) is 0 Å². The number of hydrogen-bond acceptors (Lipinski definition) is 5. The predicted octanol–water partition coefficient (Wildman–Crippen LogP) is 3.64. The summed E-state index contributed by atoms with van der Waals surface area (Å²) in [4.78, 5) is 37.6. The van der Waals surface area contributed by atoms with E-state index in [0.29, 0.717) is 0 Å². The molecular weight excluding hydrogens is 436 g/mol. The van der Waals surface area contributed by atoms with Crippen LogP contribution in [0.4, 0.5) is 4.79 Å². The number of fused-ring (bicyclic) bond motifs is 3. The van der Waals surface area contributed by atoms with Gasteiger partial charge >= 0.3 is 12.1 Å². The van der Waals surface area contributed by atoms with Gasteiger partial charge in [0.1, 0.15) is 13.2 Å². The molecule has 0 bridgehead atoms. The van der Waals surface area contributed by atoms with Crippen molar-refractivity contribution in [2.75, 3.05) is 26.8 Å². The molecule has 1 atom stereocenters. The second-order valence-corrected chi connectivity index (χ2v) is 9.31. The molecule has 0 saturated heterocycles. The Labute approximate surface area is 199 Å². The quantitative estimate of drug-likeness (QED) is 0.582. The van der Waals surface area contributed by atoms with Crippen LogP contribution in [0.2, 0.25) is 0 Å². The number of carbonyl (C=O) groups is 3. The van der Waals surface area contributed by atoms with Crippen LogP contribution in [0.25, 0.3) is 11.1 Å². The molecular formula is C26H32N2O6. The Hall–Kier alpha value is -3.39. The lowest BCUT2D eigenvalue weighted by molar-refractivity contribution is -0.149. The highest BCUT2D eigenvalue weighted by Gasteiger charge is 2.31. The monoisotopic (exact) mass is 468 g/mol. The topological polar surface area (TPSA) is 105 Å². The van der Waals surface area contributed by atoms with Crippen LogP contribution >= 0.6 is 0 Å². The molecule has 2 aromatic carbocycles. The van der Waals surface area contributed by atoms with Gasteiger partial charge in [0.05, 0.1) is 12.5 Å². The molecule has 1 aliphatic carbocycles. The number of nitrogens with one attached hydrogen (secondary N) is 1. The van der Waals surface area contributed by atoms with E-state index >= 15 is 0 Å². The molecule has 182 valence electrons. The van der Waals surface area contributed by atoms with Gasteiger partial charge in [-0.15, -0.1) is 0 Å². The highest BCUT2D eigenvalue weighted by molar-refractivity contribution is 5.82. The summed E-state index contributed by atoms with van der Waals surface area (Å²) >= 11 is 0. The zero-order valence-electron chi connectivity index (χ0n) is 20.0. The number of nitrogens with zero attached hydrogens (tertiary/aromatic N) is 1. The molecule has 1 aliphatic rings. The normalized spacial score (nSPS) is 13.5. The average molecular weight is 469 g/mol. The van der Waals surface area contributed by atoms with Crippen LogP contribution in [0.5, 0.6) is 0 Å². The highest BCUT2D eigenvalue weighted by atomic mass is 16.5. The number of rotatable bonds is 9. The summed E-state index contributed by atoms with van der Waals surface area (Å²) in [6, 6.07) is 16.2. The van der Waals surface area contributed by atoms with E-state index in [0.717, 1.165) is 22.3 Å². The molecule has 0 saturated carbocycles. The minimum Gasteiger partial charge on any atom is -0.480 e. The summed E-state index contributed by atoms with van der Waals surface area (Å²) in [7, 11) is 1.44. The summed E-state index contributed by atoms with van der Waals surface area (Å²) in [6.45, 7) is 5.15. The minimum atomic E-state index is -1.09. The number of carboxylic acid groups (broad SMARTS) is 1. The lowest BCUT2D eigenvalue weighted by Crippen LogP contribution is -2.49. The molecule has 0 radical (unpaired) electrons. The minimum absolute atomic E-state index is 0.0469. The number of benzene rings is 2. The van der Waals surface area contributed by atoms with E-state index < -0.39 is 30.3 Å². The Morgan fingerprint density at radius 1 is 1.03 bits per heavy atom. The van der Waals surface area contributed by atoms with Crippen LogP contribution in [-0.2, 0) is 19.1 Å². The molecule has 0 fully saturated rings. The molecule has 0 spiro atoms. The van der Waals surface area contributed by atoms with Gasteiger partial charge in [0.2, 0.25) is 5.91 Å². The molecule has 2 N–H and O–H groups in total. The van der Waals surface area contributed by atoms with E-state index in [2.05, 4.69) is 17.4 Å². The molecule has 0 heterocycles. The number of methoxy groups -OCH3 is 1. The summed E-state index contributed by atoms with van der Waals surface area (Å²) in [5.74, 6) is -1.50. The van der Waals surface area contributed by atoms with E-state index in [4.69, 9.17) is 14.6 Å². The van der Waals surface area contributed by atoms with E-state index in [1.54, 1.807) is 20.8 Å². The number of carbonyl (C=O) groups excluding carboxylic acids is 2. The maximum atomic E-state index is 12.7. The second-order valence-electron chi connectivity index (χ2n) is 9.31. The highest BCUT2D eigenvalue weighted by Crippen LogP contribution is 2.44. The Morgan fingerprint density at radius 2 is 1.59 bits per heavy atom. The van der Waals surface area contributed by atoms with Crippen LogP contribution < -0.4 is 5.32 Å². The van der Waals surface area contributed by atoms with Crippen molar-refractivity contribution in [3.63, 3.8) is 0 Å². The first kappa shape index (κ1) is 25.2. The van der Waals surface area contributed by atoms with Gasteiger partial charge < -0.3 is 24.8 Å². The molecule has 0 aliphatic heterocycles. The van der Waals surface area contributed by atoms with Gasteiger partial charge in [-0.1, -0.05) is 48.5 Å². The number of ether oxygens (including phenoxy) is 2. The maximum Gasteiger partial charge on any atom is 0.407 e. The average Bonchev–Trinajstić information content (AvgIpc) is 3.11. The van der Waals surface area contributed by atoms with Crippen molar-refractivity contribution in [2.24, 2.45) is 0 Å². The van der Waals surface area contributed by atoms with E-state index in [1.807, 2.05) is 36.4 Å². The number of hydrogen-bond donors (Lipinski definition) is 2. The van der Waals surface area contributed by atoms with Gasteiger partial charge in [0, 0.05) is 25.1 Å². The first-order valence-electron chi connectivity index (χ1n) is 11.3. The fourth-order valence-corrected chi connectivity index (χ4v) is 4.23. The van der Waals surface area contributed by atoms with Crippen LogP contribution in [0.3, 0.4) is 0 Å². The zero-order valence-corrected chi connectivity index (χ0v) is 20.0. The standard InChI is InChI=1S/C26H32N2O6/c1-26(2,3)28(15-24(30)31)23(29)13-17(33-4)14-27-25(32)34-16-22-20-11-7-5-9-18(20)19-10-6-8-12-21(19)22/h5-12,17,22H,13-16H2,1-4H3,(H,27,32)(H,30,31). The van der Waals surface area contributed by atoms with Crippen LogP contribution in [0.15, 0.2) is 48.5 Å². The van der Waals surface area contributed by atoms with Crippen molar-refractivity contribution < 1.29 is 29.0 Å². The van der Waals surface area contributed by atoms with Crippen molar-refractivity contribution >= 4 is 18.0 Å². The van der Waals surface area contributed by atoms with Crippen molar-refractivity contribution in [3.05, 3.63) is 59.7 Å². The van der Waals surface area contributed by atoms with E-state index in [9.17, 15) is 14.4 Å². The Bertz CT molecular complexity index is 1000. The SMILES string of the molecule is COC(CNC(=O)OCC1c2ccccc2-c2ccccc21)CC(=O)N(CC(=O)O)C(C)(C)C. The van der Waals surface area contributed by atoms with E-state index in [-0.39, 0.29) is 31.4 Å². The summed E-state index contributed by atoms with van der Waals surface area (Å²) < 4.78 is 10.9. The number of aliphatic carboxylic acids is 1. The molecule has 0 aromatic heterocycles. The Balaban J connectivity index is 1.55. The van der Waals surface area contributed by atoms with E-state index in [1.165, 1.54) is 12.0 Å². The number of amides is 2. The second kappa shape index (κ2) is 10.7. The molecule has 8 nitrogen and oxygen atoms in total. The first-order chi connectivity index (χ1) is 16.1. The van der Waals surface area contributed by atoms with Gasteiger partial charge in [0.15, 0.2) is 0 Å². The molecule has 34 heavy (non-hydrogen) atoms. The lowest BCUT2D eigenvalue weighted by Gasteiger charge is -2.35. The third-order valence-electron chi connectivity index (χ3n) is 5.96. The van der Waals surface area contributed by atoms with Gasteiger partial charge in [-0.2, -0.15) is 0 Å². The van der Waals surface area contributed by atoms with Crippen LogP contribution in [-0.4, -0.2) is 66.4 Å². The molecule has 1 unspecified atom stereocenters. The summed E-state index contributed by atoms with van der Waals surface area (Å²) in [6.07, 6.45) is -1.29. The van der Waals surface area contributed by atoms with Gasteiger partial charge in [0.25, 0.3) is 0 Å². The molecule has 2 amide bonds. The van der Waals surface area contributed by atoms with Crippen molar-refractivity contribution in [1.82, 2.24) is 10.2 Å². The zero-order chi connectivity index (χ0) is 24.9. The molecule has 3 rings (SSSR count). The van der Waals surface area contributed by atoms with Crippen molar-refractivity contribution in [1.29, 1.82) is 0 Å². The fourth-order valence-electron chi connectivity index (χ4n) is 4.23. The largest absolute Gasteiger partial charge is 0.480 e. The summed E-state index contributed by atoms with van der Waals surface area (Å²) in [5.41, 5.74) is 3.88. The number of carboxylic acids is 1. The van der Waals surface area contributed by atoms with Crippen LogP contribution in [0.1, 0.15) is 44.2 Å².